The molecule has 0 rings (SSSR count). The van der Waals surface area contributed by atoms with E-state index < -0.39 is 12.3 Å². The van der Waals surface area contributed by atoms with Gasteiger partial charge < -0.3 is 25.4 Å². The van der Waals surface area contributed by atoms with Gasteiger partial charge in [0.25, 0.3) is 0 Å². The molecule has 0 spiro atoms. The van der Waals surface area contributed by atoms with E-state index in [2.05, 4.69) is 19.4 Å². The second kappa shape index (κ2) is 10.2. The van der Waals surface area contributed by atoms with Gasteiger partial charge in [0, 0.05) is 0 Å². The first-order valence-electron chi connectivity index (χ1n) is 2.60. The fraction of sp³-hybridized carbons (Fsp3) is 1.00. The van der Waals surface area contributed by atoms with Crippen LogP contribution in [0.2, 0.25) is 0 Å². The Bertz CT molecular complexity index is 168. The second-order valence-corrected chi connectivity index (χ2v) is 1.52. The molecule has 0 radical (unpaired) electrons. The molecule has 14 heteroatoms. The Labute approximate surface area is 108 Å². The standard InChI is InChI=1S/C2H6O10.HNO2.Na/c3-1(4,10-6)9-2(5,11-7)12-8;2-1-3;/h3-8H;(H,2,3);/q;;+1/p-1. The normalized spacial score (nSPS) is 10.9. The number of ether oxygens (including phenoxy) is 1. The van der Waals surface area contributed by atoms with E-state index in [1.54, 1.807) is 0 Å². The van der Waals surface area contributed by atoms with Gasteiger partial charge in [0.15, 0.2) is 0 Å². The Balaban J connectivity index is -0.000000377. The predicted octanol–water partition coefficient (Wildman–Crippen LogP) is -5.07. The van der Waals surface area contributed by atoms with Gasteiger partial charge in [-0.25, -0.2) is 20.5 Å². The first-order valence-corrected chi connectivity index (χ1v) is 2.60. The van der Waals surface area contributed by atoms with E-state index in [1.165, 1.54) is 0 Å². The van der Waals surface area contributed by atoms with Crippen LogP contribution in [-0.4, -0.2) is 43.4 Å². The molecule has 0 aromatic heterocycles. The van der Waals surface area contributed by atoms with Crippen LogP contribution >= 0.6 is 0 Å². The van der Waals surface area contributed by atoms with Crippen molar-refractivity contribution in [3.05, 3.63) is 10.1 Å². The van der Waals surface area contributed by atoms with Gasteiger partial charge in [-0.15, -0.1) is 20.0 Å². The average molecular weight is 259 g/mol. The molecule has 0 aliphatic carbocycles. The molecule has 0 aliphatic heterocycles. The number of hydrogen-bond donors (Lipinski definition) is 6. The molecule has 0 bridgehead atoms. The minimum Gasteiger partial charge on any atom is -0.444 e. The molecular weight excluding hydrogens is 253 g/mol. The van der Waals surface area contributed by atoms with Crippen molar-refractivity contribution < 1.29 is 80.0 Å². The first-order chi connectivity index (χ1) is 6.80. The van der Waals surface area contributed by atoms with E-state index >= 15 is 0 Å². The summed E-state index contributed by atoms with van der Waals surface area (Å²) in [5.41, 5.74) is 0. The van der Waals surface area contributed by atoms with Crippen molar-refractivity contribution in [3.8, 4) is 0 Å². The van der Waals surface area contributed by atoms with Gasteiger partial charge >= 0.3 is 41.9 Å². The zero-order valence-corrected chi connectivity index (χ0v) is 9.58. The average Bonchev–Trinajstić information content (AvgIpc) is 2.18. The molecule has 0 aromatic rings. The molecule has 0 aliphatic rings. The van der Waals surface area contributed by atoms with Crippen LogP contribution in [0.15, 0.2) is 5.34 Å². The van der Waals surface area contributed by atoms with Crippen molar-refractivity contribution >= 4 is 0 Å². The summed E-state index contributed by atoms with van der Waals surface area (Å²) in [6.07, 6.45) is -7.34. The van der Waals surface area contributed by atoms with E-state index in [0.29, 0.717) is 0 Å². The first kappa shape index (κ1) is 21.3. The molecule has 16 heavy (non-hydrogen) atoms. The number of aliphatic hydroxyl groups is 3. The van der Waals surface area contributed by atoms with Gasteiger partial charge in [0.2, 0.25) is 0 Å². The van der Waals surface area contributed by atoms with Gasteiger partial charge in [0.05, 0.1) is 0 Å². The van der Waals surface area contributed by atoms with Crippen LogP contribution < -0.4 is 29.6 Å². The van der Waals surface area contributed by atoms with Gasteiger partial charge in [-0.1, -0.05) is 0 Å². The van der Waals surface area contributed by atoms with Gasteiger partial charge in [0.1, 0.15) is 0 Å². The molecule has 0 heterocycles. The molecule has 0 saturated carbocycles. The van der Waals surface area contributed by atoms with Gasteiger partial charge in [-0.3, -0.25) is 0 Å². The van der Waals surface area contributed by atoms with Crippen molar-refractivity contribution in [2.45, 2.75) is 12.3 Å². The van der Waals surface area contributed by atoms with E-state index in [9.17, 15) is 0 Å². The molecule has 0 fully saturated rings. The quantitative estimate of drug-likeness (QED) is 0.0899. The van der Waals surface area contributed by atoms with Crippen LogP contribution in [0.5, 0.6) is 0 Å². The van der Waals surface area contributed by atoms with Crippen molar-refractivity contribution in [2.75, 3.05) is 0 Å². The fourth-order valence-electron chi connectivity index (χ4n) is 0.241. The third kappa shape index (κ3) is 10.5. The van der Waals surface area contributed by atoms with Crippen molar-refractivity contribution in [3.63, 3.8) is 0 Å². The van der Waals surface area contributed by atoms with Crippen molar-refractivity contribution in [1.29, 1.82) is 0 Å². The summed E-state index contributed by atoms with van der Waals surface area (Å²) in [6.45, 7) is 0. The van der Waals surface area contributed by atoms with E-state index in [4.69, 9.17) is 41.2 Å². The Hall–Kier alpha value is -0.000000000000000444. The summed E-state index contributed by atoms with van der Waals surface area (Å²) >= 11 is 0. The topological polar surface area (TPSA) is 211 Å². The maximum Gasteiger partial charge on any atom is 1.00 e. The van der Waals surface area contributed by atoms with Gasteiger partial charge in [-0.2, -0.15) is 0 Å². The third-order valence-electron chi connectivity index (χ3n) is 0.612. The van der Waals surface area contributed by atoms with Crippen LogP contribution in [0.3, 0.4) is 0 Å². The Morgan fingerprint density at radius 1 is 1.00 bits per heavy atom. The number of hydrogen-bond acceptors (Lipinski definition) is 13. The summed E-state index contributed by atoms with van der Waals surface area (Å²) in [6, 6.07) is 0. The predicted molar refractivity (Wildman–Crippen MR) is 33.5 cm³/mol. The molecule has 13 nitrogen and oxygen atoms in total. The van der Waals surface area contributed by atoms with Crippen LogP contribution in [0.4, 0.5) is 0 Å². The smallest absolute Gasteiger partial charge is 0.444 e. The SMILES string of the molecule is O=N[O-].OOC(O)(O)OC(O)(OO)OO.[Na+]. The molecule has 6 N–H and O–H groups in total. The molecule has 0 saturated heterocycles. The van der Waals surface area contributed by atoms with Crippen molar-refractivity contribution in [2.24, 2.45) is 5.34 Å². The summed E-state index contributed by atoms with van der Waals surface area (Å²) < 4.78 is 3.32. The van der Waals surface area contributed by atoms with Crippen LogP contribution in [0.25, 0.3) is 0 Å². The molecule has 0 amide bonds. The van der Waals surface area contributed by atoms with E-state index in [0.717, 1.165) is 5.34 Å². The molecular formula is C2H6NNaO12. The molecule has 92 valence electrons. The van der Waals surface area contributed by atoms with Crippen LogP contribution in [-0.2, 0) is 19.4 Å². The van der Waals surface area contributed by atoms with Crippen LogP contribution in [0.1, 0.15) is 0 Å². The Morgan fingerprint density at radius 3 is 1.50 bits per heavy atom. The number of nitrogens with zero attached hydrogens (tertiary/aromatic N) is 1. The maximum atomic E-state index is 8.42. The van der Waals surface area contributed by atoms with E-state index in [1.807, 2.05) is 0 Å². The largest absolute Gasteiger partial charge is 1.00 e. The molecule has 0 aromatic carbocycles. The van der Waals surface area contributed by atoms with Crippen LogP contribution in [0, 0.1) is 10.1 Å². The zero-order chi connectivity index (χ0) is 12.5. The maximum absolute atomic E-state index is 8.42. The summed E-state index contributed by atoms with van der Waals surface area (Å²) in [5.74, 6) is 0. The minimum absolute atomic E-state index is 0. The van der Waals surface area contributed by atoms with E-state index in [-0.39, 0.29) is 29.6 Å². The minimum atomic E-state index is -3.74. The zero-order valence-electron chi connectivity index (χ0n) is 7.58. The summed E-state index contributed by atoms with van der Waals surface area (Å²) in [7, 11) is 0. The third-order valence-corrected chi connectivity index (χ3v) is 0.612. The van der Waals surface area contributed by atoms with Gasteiger partial charge in [-0.05, 0) is 0 Å². The fourth-order valence-corrected chi connectivity index (χ4v) is 0.241. The Kier molecular flexibility index (Phi) is 13.5. The summed E-state index contributed by atoms with van der Waals surface area (Å²) in [5, 5.41) is 57.0. The summed E-state index contributed by atoms with van der Waals surface area (Å²) in [4.78, 5) is 16.5. The molecule has 0 unspecified atom stereocenters. The Morgan fingerprint density at radius 2 is 1.31 bits per heavy atom. The molecule has 0 atom stereocenters. The monoisotopic (exact) mass is 259 g/mol. The number of rotatable bonds is 5. The second-order valence-electron chi connectivity index (χ2n) is 1.52. The van der Waals surface area contributed by atoms with Crippen molar-refractivity contribution in [1.82, 2.24) is 0 Å².